The molecule has 1 saturated carbocycles. The molecule has 2 aromatic carbocycles. The van der Waals surface area contributed by atoms with Crippen LogP contribution in [-0.4, -0.2) is 67.7 Å². The van der Waals surface area contributed by atoms with E-state index >= 15 is 0 Å². The van der Waals surface area contributed by atoms with E-state index in [1.807, 2.05) is 6.07 Å². The van der Waals surface area contributed by atoms with E-state index in [9.17, 15) is 4.79 Å². The SMILES string of the molecule is COc1ccc(N2CCN(C(C)=O)C(CN3CCc4ccccc4C3)C2)cc1OC1CCCC1. The molecule has 1 atom stereocenters. The van der Waals surface area contributed by atoms with E-state index in [4.69, 9.17) is 9.47 Å². The average Bonchev–Trinajstić information content (AvgIpc) is 3.37. The predicted molar refractivity (Wildman–Crippen MR) is 135 cm³/mol. The summed E-state index contributed by atoms with van der Waals surface area (Å²) < 4.78 is 11.9. The van der Waals surface area contributed by atoms with E-state index in [2.05, 4.69) is 51.1 Å². The Morgan fingerprint density at radius 1 is 1.00 bits per heavy atom. The van der Waals surface area contributed by atoms with Crippen molar-refractivity contribution in [3.8, 4) is 11.5 Å². The van der Waals surface area contributed by atoms with Crippen LogP contribution in [0, 0.1) is 0 Å². The van der Waals surface area contributed by atoms with Gasteiger partial charge in [0, 0.05) is 57.9 Å². The molecule has 1 saturated heterocycles. The minimum Gasteiger partial charge on any atom is -0.493 e. The second-order valence-electron chi connectivity index (χ2n) is 9.93. The summed E-state index contributed by atoms with van der Waals surface area (Å²) in [5.74, 6) is 1.80. The van der Waals surface area contributed by atoms with Crippen molar-refractivity contribution in [2.45, 2.75) is 57.7 Å². The molecule has 1 unspecified atom stereocenters. The molecule has 3 aliphatic rings. The first kappa shape index (κ1) is 23.0. The maximum atomic E-state index is 12.5. The normalized spacial score (nSPS) is 21.4. The van der Waals surface area contributed by atoms with Crippen molar-refractivity contribution in [3.63, 3.8) is 0 Å². The van der Waals surface area contributed by atoms with E-state index < -0.39 is 0 Å². The van der Waals surface area contributed by atoms with Gasteiger partial charge in [-0.1, -0.05) is 24.3 Å². The zero-order chi connectivity index (χ0) is 23.5. The minimum absolute atomic E-state index is 0.165. The van der Waals surface area contributed by atoms with E-state index in [0.29, 0.717) is 0 Å². The second-order valence-corrected chi connectivity index (χ2v) is 9.93. The van der Waals surface area contributed by atoms with Gasteiger partial charge in [0.25, 0.3) is 0 Å². The summed E-state index contributed by atoms with van der Waals surface area (Å²) in [6.07, 6.45) is 6.07. The predicted octanol–water partition coefficient (Wildman–Crippen LogP) is 4.11. The van der Waals surface area contributed by atoms with E-state index in [1.165, 1.54) is 24.0 Å². The van der Waals surface area contributed by atoms with Gasteiger partial charge in [0.1, 0.15) is 0 Å². The molecule has 2 aliphatic heterocycles. The van der Waals surface area contributed by atoms with Crippen LogP contribution in [0.4, 0.5) is 5.69 Å². The van der Waals surface area contributed by atoms with Crippen molar-refractivity contribution in [3.05, 3.63) is 53.6 Å². The minimum atomic E-state index is 0.165. The van der Waals surface area contributed by atoms with Crippen LogP contribution in [0.2, 0.25) is 0 Å². The quantitative estimate of drug-likeness (QED) is 0.645. The molecule has 2 fully saturated rings. The van der Waals surface area contributed by atoms with Crippen LogP contribution in [-0.2, 0) is 17.8 Å². The first-order chi connectivity index (χ1) is 16.6. The van der Waals surface area contributed by atoms with Crippen LogP contribution in [0.15, 0.2) is 42.5 Å². The zero-order valence-electron chi connectivity index (χ0n) is 20.5. The number of hydrogen-bond acceptors (Lipinski definition) is 5. The number of piperazine rings is 1. The van der Waals surface area contributed by atoms with Crippen molar-refractivity contribution in [2.75, 3.05) is 44.7 Å². The lowest BCUT2D eigenvalue weighted by Gasteiger charge is -2.44. The third kappa shape index (κ3) is 5.02. The molecule has 1 amide bonds. The Balaban J connectivity index is 1.31. The number of amides is 1. The molecule has 6 nitrogen and oxygen atoms in total. The monoisotopic (exact) mass is 463 g/mol. The Morgan fingerprint density at radius 2 is 1.79 bits per heavy atom. The molecule has 2 heterocycles. The lowest BCUT2D eigenvalue weighted by Crippen LogP contribution is -2.58. The third-order valence-electron chi connectivity index (χ3n) is 7.67. The van der Waals surface area contributed by atoms with Crippen LogP contribution >= 0.6 is 0 Å². The van der Waals surface area contributed by atoms with Crippen LogP contribution in [0.1, 0.15) is 43.7 Å². The Morgan fingerprint density at radius 3 is 2.56 bits per heavy atom. The van der Waals surface area contributed by atoms with Gasteiger partial charge in [-0.25, -0.2) is 0 Å². The number of methoxy groups -OCH3 is 1. The molecule has 0 N–H and O–H groups in total. The number of hydrogen-bond donors (Lipinski definition) is 0. The molecule has 5 rings (SSSR count). The summed E-state index contributed by atoms with van der Waals surface area (Å²) in [6.45, 7) is 7.00. The Kier molecular flexibility index (Phi) is 6.95. The van der Waals surface area contributed by atoms with Gasteiger partial charge in [0.05, 0.1) is 19.3 Å². The number of carbonyl (C=O) groups is 1. The first-order valence-corrected chi connectivity index (χ1v) is 12.8. The largest absolute Gasteiger partial charge is 0.493 e. The molecule has 2 aromatic rings. The summed E-state index contributed by atoms with van der Waals surface area (Å²) >= 11 is 0. The standard InChI is InChI=1S/C28H37N3O3/c1-21(32)31-16-15-30(20-25(31)19-29-14-13-22-7-3-4-8-23(22)18-29)24-11-12-27(33-2)28(17-24)34-26-9-5-6-10-26/h3-4,7-8,11-12,17,25-26H,5-6,9-10,13-16,18-20H2,1-2H3. The summed E-state index contributed by atoms with van der Waals surface area (Å²) in [7, 11) is 1.70. The number of fused-ring (bicyclic) bond motifs is 1. The van der Waals surface area contributed by atoms with E-state index in [1.54, 1.807) is 14.0 Å². The van der Waals surface area contributed by atoms with Crippen LogP contribution < -0.4 is 14.4 Å². The molecule has 0 spiro atoms. The summed E-state index contributed by atoms with van der Waals surface area (Å²) in [5, 5.41) is 0. The number of ether oxygens (including phenoxy) is 2. The molecule has 34 heavy (non-hydrogen) atoms. The lowest BCUT2D eigenvalue weighted by atomic mass is 9.99. The maximum Gasteiger partial charge on any atom is 0.219 e. The zero-order valence-corrected chi connectivity index (χ0v) is 20.5. The van der Waals surface area contributed by atoms with E-state index in [-0.39, 0.29) is 18.1 Å². The smallest absolute Gasteiger partial charge is 0.219 e. The molecule has 0 aromatic heterocycles. The average molecular weight is 464 g/mol. The van der Waals surface area contributed by atoms with Crippen LogP contribution in [0.25, 0.3) is 0 Å². The highest BCUT2D eigenvalue weighted by Gasteiger charge is 2.31. The fourth-order valence-electron chi connectivity index (χ4n) is 5.81. The van der Waals surface area contributed by atoms with Gasteiger partial charge in [0.2, 0.25) is 5.91 Å². The van der Waals surface area contributed by atoms with Gasteiger partial charge in [0.15, 0.2) is 11.5 Å². The Hall–Kier alpha value is -2.73. The van der Waals surface area contributed by atoms with Crippen molar-refractivity contribution in [2.24, 2.45) is 0 Å². The lowest BCUT2D eigenvalue weighted by molar-refractivity contribution is -0.132. The maximum absolute atomic E-state index is 12.5. The Bertz CT molecular complexity index is 1000. The fourth-order valence-corrected chi connectivity index (χ4v) is 5.81. The highest BCUT2D eigenvalue weighted by Crippen LogP contribution is 2.35. The summed E-state index contributed by atoms with van der Waals surface area (Å²) in [6, 6.07) is 15.2. The number of nitrogens with zero attached hydrogens (tertiary/aromatic N) is 3. The molecule has 182 valence electrons. The molecular weight excluding hydrogens is 426 g/mol. The highest BCUT2D eigenvalue weighted by atomic mass is 16.5. The second kappa shape index (κ2) is 10.3. The molecule has 0 radical (unpaired) electrons. The van der Waals surface area contributed by atoms with Gasteiger partial charge in [-0.2, -0.15) is 0 Å². The Labute approximate surface area is 203 Å². The third-order valence-corrected chi connectivity index (χ3v) is 7.67. The van der Waals surface area contributed by atoms with Crippen molar-refractivity contribution >= 4 is 11.6 Å². The van der Waals surface area contributed by atoms with Gasteiger partial charge < -0.3 is 19.3 Å². The molecule has 1 aliphatic carbocycles. The van der Waals surface area contributed by atoms with E-state index in [0.717, 1.165) is 75.7 Å². The van der Waals surface area contributed by atoms with Gasteiger partial charge in [-0.3, -0.25) is 9.69 Å². The van der Waals surface area contributed by atoms with Gasteiger partial charge >= 0.3 is 0 Å². The fraction of sp³-hybridized carbons (Fsp3) is 0.536. The topological polar surface area (TPSA) is 45.2 Å². The van der Waals surface area contributed by atoms with Crippen molar-refractivity contribution in [1.29, 1.82) is 0 Å². The highest BCUT2D eigenvalue weighted by molar-refractivity contribution is 5.74. The van der Waals surface area contributed by atoms with Crippen molar-refractivity contribution < 1.29 is 14.3 Å². The first-order valence-electron chi connectivity index (χ1n) is 12.8. The number of carbonyl (C=O) groups excluding carboxylic acids is 1. The molecule has 6 heteroatoms. The molecular formula is C28H37N3O3. The number of rotatable bonds is 6. The van der Waals surface area contributed by atoms with Crippen LogP contribution in [0.5, 0.6) is 11.5 Å². The summed E-state index contributed by atoms with van der Waals surface area (Å²) in [5.41, 5.74) is 4.02. The van der Waals surface area contributed by atoms with Crippen molar-refractivity contribution in [1.82, 2.24) is 9.80 Å². The van der Waals surface area contributed by atoms with Crippen LogP contribution in [0.3, 0.4) is 0 Å². The number of benzene rings is 2. The van der Waals surface area contributed by atoms with Gasteiger partial charge in [-0.05, 0) is 55.4 Å². The summed E-state index contributed by atoms with van der Waals surface area (Å²) in [4.78, 5) is 19.5. The molecule has 0 bridgehead atoms. The van der Waals surface area contributed by atoms with Gasteiger partial charge in [-0.15, -0.1) is 0 Å². The number of anilines is 1.